The molecule has 39 heavy (non-hydrogen) atoms. The van der Waals surface area contributed by atoms with Gasteiger partial charge in [0.15, 0.2) is 11.5 Å². The van der Waals surface area contributed by atoms with E-state index < -0.39 is 0 Å². The van der Waals surface area contributed by atoms with E-state index in [4.69, 9.17) is 4.98 Å². The van der Waals surface area contributed by atoms with Crippen LogP contribution in [0.5, 0.6) is 0 Å². The fourth-order valence-electron chi connectivity index (χ4n) is 4.47. The van der Waals surface area contributed by atoms with Gasteiger partial charge in [-0.3, -0.25) is 19.9 Å². The first-order valence-corrected chi connectivity index (χ1v) is 12.1. The van der Waals surface area contributed by atoms with Crippen molar-refractivity contribution in [2.45, 2.75) is 6.92 Å². The molecular weight excluding hydrogens is 492 g/mol. The monoisotopic (exact) mass is 512 g/mol. The number of nitrogens with zero attached hydrogens (tertiary/aromatic N) is 7. The number of H-pyrrole nitrogens is 2. The fraction of sp³-hybridized carbons (Fsp3) is 0.0357. The molecule has 0 bridgehead atoms. The Morgan fingerprint density at radius 2 is 1.90 bits per heavy atom. The van der Waals surface area contributed by atoms with E-state index in [1.165, 1.54) is 0 Å². The van der Waals surface area contributed by atoms with E-state index in [0.29, 0.717) is 39.6 Å². The molecule has 0 saturated carbocycles. The number of rotatable bonds is 5. The first-order chi connectivity index (χ1) is 19.1. The number of aromatic amines is 2. The Labute approximate surface area is 221 Å². The zero-order valence-corrected chi connectivity index (χ0v) is 20.6. The molecule has 0 aliphatic heterocycles. The van der Waals surface area contributed by atoms with Crippen molar-refractivity contribution in [3.8, 4) is 28.5 Å². The Morgan fingerprint density at radius 3 is 2.74 bits per heavy atom. The Bertz CT molecular complexity index is 1990. The van der Waals surface area contributed by atoms with Crippen LogP contribution in [0.2, 0.25) is 0 Å². The van der Waals surface area contributed by atoms with E-state index in [1.54, 1.807) is 43.2 Å². The molecule has 6 heterocycles. The van der Waals surface area contributed by atoms with Crippen molar-refractivity contribution >= 4 is 33.7 Å². The van der Waals surface area contributed by atoms with E-state index >= 15 is 0 Å². The molecule has 0 atom stereocenters. The highest BCUT2D eigenvalue weighted by Gasteiger charge is 2.17. The fourth-order valence-corrected chi connectivity index (χ4v) is 4.47. The molecule has 188 valence electrons. The zero-order chi connectivity index (χ0) is 26.3. The van der Waals surface area contributed by atoms with E-state index in [9.17, 15) is 4.79 Å². The van der Waals surface area contributed by atoms with Crippen LogP contribution in [0.3, 0.4) is 0 Å². The summed E-state index contributed by atoms with van der Waals surface area (Å²) in [6, 6.07) is 14.7. The van der Waals surface area contributed by atoms with Gasteiger partial charge < -0.3 is 14.9 Å². The summed E-state index contributed by atoms with van der Waals surface area (Å²) in [6.07, 6.45) is 10.5. The maximum absolute atomic E-state index is 12.6. The molecule has 1 aromatic carbocycles. The van der Waals surface area contributed by atoms with Crippen LogP contribution in [0.25, 0.3) is 50.5 Å². The number of amides is 1. The lowest BCUT2D eigenvalue weighted by molar-refractivity contribution is 0.102. The third kappa shape index (κ3) is 4.07. The second kappa shape index (κ2) is 8.99. The molecule has 0 fully saturated rings. The smallest absolute Gasteiger partial charge is 0.255 e. The number of imidazole rings is 2. The van der Waals surface area contributed by atoms with Crippen LogP contribution in [0.15, 0.2) is 85.8 Å². The Kier molecular flexibility index (Phi) is 5.18. The number of carbonyl (C=O) groups is 1. The Morgan fingerprint density at radius 1 is 1.00 bits per heavy atom. The maximum Gasteiger partial charge on any atom is 0.255 e. The van der Waals surface area contributed by atoms with Crippen LogP contribution in [0, 0.1) is 6.92 Å². The number of aromatic nitrogens is 9. The Balaban J connectivity index is 1.25. The van der Waals surface area contributed by atoms with Gasteiger partial charge in [-0.05, 0) is 37.3 Å². The van der Waals surface area contributed by atoms with Gasteiger partial charge >= 0.3 is 0 Å². The van der Waals surface area contributed by atoms with E-state index in [0.717, 1.165) is 27.8 Å². The lowest BCUT2D eigenvalue weighted by atomic mass is 10.1. The number of carbonyl (C=O) groups excluding carboxylic acids is 1. The van der Waals surface area contributed by atoms with Gasteiger partial charge in [-0.2, -0.15) is 5.10 Å². The van der Waals surface area contributed by atoms with Gasteiger partial charge in [-0.15, -0.1) is 0 Å². The highest BCUT2D eigenvalue weighted by molar-refractivity contribution is 6.04. The summed E-state index contributed by atoms with van der Waals surface area (Å²) >= 11 is 0. The minimum absolute atomic E-state index is 0.209. The molecule has 0 aliphatic rings. The number of hydrogen-bond acceptors (Lipinski definition) is 7. The zero-order valence-electron chi connectivity index (χ0n) is 20.6. The van der Waals surface area contributed by atoms with Crippen molar-refractivity contribution in [2.24, 2.45) is 0 Å². The molecule has 1 amide bonds. The topological polar surface area (TPSA) is 143 Å². The number of anilines is 1. The standard InChI is InChI=1S/C28H20N10O/c1-16-14-38(15-32-16)23-7-8-30-26-25(23)34-27(35-26)24-20-10-21(31-13-22(20)36-37-24)18-9-19(12-29-11-18)33-28(39)17-5-3-2-4-6-17/h2-15H,1H3,(H,33,39)(H,36,37)(H,30,34,35). The second-order valence-corrected chi connectivity index (χ2v) is 9.00. The maximum atomic E-state index is 12.6. The van der Waals surface area contributed by atoms with Crippen molar-refractivity contribution in [2.75, 3.05) is 5.32 Å². The third-order valence-electron chi connectivity index (χ3n) is 6.35. The molecule has 0 spiro atoms. The van der Waals surface area contributed by atoms with Crippen LogP contribution in [-0.4, -0.2) is 50.6 Å². The SMILES string of the molecule is Cc1cn(-c2ccnc3[nH]c(-c4n[nH]c5cnc(-c6cncc(NC(=O)c7ccccc7)c6)cc45)nc23)cn1. The van der Waals surface area contributed by atoms with E-state index in [-0.39, 0.29) is 5.91 Å². The molecule has 0 saturated heterocycles. The first-order valence-electron chi connectivity index (χ1n) is 12.1. The van der Waals surface area contributed by atoms with Gasteiger partial charge in [-0.25, -0.2) is 15.0 Å². The summed E-state index contributed by atoms with van der Waals surface area (Å²) in [5, 5.41) is 11.3. The van der Waals surface area contributed by atoms with Crippen molar-refractivity contribution < 1.29 is 4.79 Å². The molecule has 0 radical (unpaired) electrons. The summed E-state index contributed by atoms with van der Waals surface area (Å²) in [7, 11) is 0. The normalized spacial score (nSPS) is 11.3. The van der Waals surface area contributed by atoms with Crippen LogP contribution >= 0.6 is 0 Å². The number of pyridine rings is 3. The summed E-state index contributed by atoms with van der Waals surface area (Å²) < 4.78 is 1.92. The van der Waals surface area contributed by atoms with Crippen molar-refractivity contribution in [3.05, 3.63) is 97.1 Å². The summed E-state index contributed by atoms with van der Waals surface area (Å²) in [4.78, 5) is 38.4. The summed E-state index contributed by atoms with van der Waals surface area (Å²) in [5.74, 6) is 0.367. The summed E-state index contributed by atoms with van der Waals surface area (Å²) in [6.45, 7) is 1.94. The molecule has 6 aromatic heterocycles. The number of benzene rings is 1. The molecule has 0 unspecified atom stereocenters. The Hall–Kier alpha value is -5.71. The van der Waals surface area contributed by atoms with E-state index in [2.05, 4.69) is 40.4 Å². The number of fused-ring (bicyclic) bond motifs is 2. The average molecular weight is 513 g/mol. The lowest BCUT2D eigenvalue weighted by Crippen LogP contribution is -2.11. The van der Waals surface area contributed by atoms with Gasteiger partial charge in [0.25, 0.3) is 5.91 Å². The average Bonchev–Trinajstić information content (AvgIpc) is 3.71. The van der Waals surface area contributed by atoms with Crippen molar-refractivity contribution in [1.29, 1.82) is 0 Å². The van der Waals surface area contributed by atoms with Crippen LogP contribution < -0.4 is 5.32 Å². The molecule has 7 rings (SSSR count). The van der Waals surface area contributed by atoms with Gasteiger partial charge in [0, 0.05) is 35.1 Å². The largest absolute Gasteiger partial charge is 0.321 e. The van der Waals surface area contributed by atoms with Crippen LogP contribution in [0.1, 0.15) is 16.1 Å². The van der Waals surface area contributed by atoms with Crippen molar-refractivity contribution in [1.82, 2.24) is 44.7 Å². The van der Waals surface area contributed by atoms with Crippen LogP contribution in [-0.2, 0) is 0 Å². The van der Waals surface area contributed by atoms with Crippen molar-refractivity contribution in [3.63, 3.8) is 0 Å². The van der Waals surface area contributed by atoms with Gasteiger partial charge in [0.1, 0.15) is 11.2 Å². The first kappa shape index (κ1) is 22.5. The number of aryl methyl sites for hydroxylation is 1. The lowest BCUT2D eigenvalue weighted by Gasteiger charge is -2.07. The summed E-state index contributed by atoms with van der Waals surface area (Å²) in [5.41, 5.74) is 7.09. The third-order valence-corrected chi connectivity index (χ3v) is 6.35. The van der Waals surface area contributed by atoms with Gasteiger partial charge in [0.05, 0.1) is 47.0 Å². The molecular formula is C28H20N10O. The molecule has 7 aromatic rings. The minimum Gasteiger partial charge on any atom is -0.321 e. The highest BCUT2D eigenvalue weighted by atomic mass is 16.1. The molecule has 11 nitrogen and oxygen atoms in total. The van der Waals surface area contributed by atoms with E-state index in [1.807, 2.05) is 54.1 Å². The molecule has 3 N–H and O–H groups in total. The van der Waals surface area contributed by atoms with Gasteiger partial charge in [-0.1, -0.05) is 18.2 Å². The number of nitrogens with one attached hydrogen (secondary N) is 3. The second-order valence-electron chi connectivity index (χ2n) is 9.00. The quantitative estimate of drug-likeness (QED) is 0.303. The predicted octanol–water partition coefficient (Wildman–Crippen LogP) is 4.70. The minimum atomic E-state index is -0.209. The van der Waals surface area contributed by atoms with Crippen LogP contribution in [0.4, 0.5) is 5.69 Å². The predicted molar refractivity (Wildman–Crippen MR) is 146 cm³/mol. The molecule has 0 aliphatic carbocycles. The number of hydrogen-bond donors (Lipinski definition) is 3. The highest BCUT2D eigenvalue weighted by Crippen LogP contribution is 2.30. The van der Waals surface area contributed by atoms with Gasteiger partial charge in [0.2, 0.25) is 0 Å². The molecule has 11 heteroatoms.